The van der Waals surface area contributed by atoms with Crippen molar-refractivity contribution in [1.82, 2.24) is 15.3 Å². The predicted octanol–water partition coefficient (Wildman–Crippen LogP) is 4.79. The summed E-state index contributed by atoms with van der Waals surface area (Å²) >= 11 is 1.71. The van der Waals surface area contributed by atoms with Crippen LogP contribution in [0, 0.1) is 0 Å². The SMILES string of the molecule is CSc1ccc(CNC(=O)c2cccc(-c3cnc(N4CCCCC4)nc3)c2)cc1. The summed E-state index contributed by atoms with van der Waals surface area (Å²) in [6.45, 7) is 2.55. The van der Waals surface area contributed by atoms with E-state index in [4.69, 9.17) is 0 Å². The minimum atomic E-state index is -0.0864. The van der Waals surface area contributed by atoms with E-state index in [-0.39, 0.29) is 5.91 Å². The second kappa shape index (κ2) is 9.76. The molecule has 0 bridgehead atoms. The van der Waals surface area contributed by atoms with E-state index in [9.17, 15) is 4.79 Å². The predicted molar refractivity (Wildman–Crippen MR) is 123 cm³/mol. The van der Waals surface area contributed by atoms with Gasteiger partial charge >= 0.3 is 0 Å². The fourth-order valence-electron chi connectivity index (χ4n) is 3.60. The molecule has 1 fully saturated rings. The van der Waals surface area contributed by atoms with Gasteiger partial charge in [0.25, 0.3) is 5.91 Å². The van der Waals surface area contributed by atoms with Crippen molar-refractivity contribution in [3.8, 4) is 11.1 Å². The normalized spacial score (nSPS) is 13.8. The van der Waals surface area contributed by atoms with Crippen LogP contribution in [0.4, 0.5) is 5.95 Å². The van der Waals surface area contributed by atoms with Crippen molar-refractivity contribution in [2.75, 3.05) is 24.2 Å². The van der Waals surface area contributed by atoms with Crippen LogP contribution < -0.4 is 10.2 Å². The monoisotopic (exact) mass is 418 g/mol. The number of benzene rings is 2. The summed E-state index contributed by atoms with van der Waals surface area (Å²) < 4.78 is 0. The second-order valence-electron chi connectivity index (χ2n) is 7.43. The molecule has 5 nitrogen and oxygen atoms in total. The lowest BCUT2D eigenvalue weighted by Gasteiger charge is -2.26. The number of carbonyl (C=O) groups excluding carboxylic acids is 1. The van der Waals surface area contributed by atoms with Gasteiger partial charge in [0.05, 0.1) is 0 Å². The number of aromatic nitrogens is 2. The van der Waals surface area contributed by atoms with E-state index < -0.39 is 0 Å². The Labute approximate surface area is 181 Å². The molecule has 1 saturated heterocycles. The number of piperidine rings is 1. The molecule has 2 aromatic carbocycles. The van der Waals surface area contributed by atoms with Crippen LogP contribution in [-0.4, -0.2) is 35.2 Å². The highest BCUT2D eigenvalue weighted by Crippen LogP contribution is 2.22. The van der Waals surface area contributed by atoms with Crippen molar-refractivity contribution in [2.45, 2.75) is 30.7 Å². The van der Waals surface area contributed by atoms with E-state index in [1.807, 2.05) is 48.8 Å². The van der Waals surface area contributed by atoms with Gasteiger partial charge in [-0.25, -0.2) is 9.97 Å². The minimum absolute atomic E-state index is 0.0864. The van der Waals surface area contributed by atoms with Gasteiger partial charge in [-0.2, -0.15) is 0 Å². The largest absolute Gasteiger partial charge is 0.348 e. The van der Waals surface area contributed by atoms with Crippen molar-refractivity contribution >= 4 is 23.6 Å². The topological polar surface area (TPSA) is 58.1 Å². The summed E-state index contributed by atoms with van der Waals surface area (Å²) in [5.74, 6) is 0.705. The Morgan fingerprint density at radius 2 is 1.73 bits per heavy atom. The molecule has 2 heterocycles. The van der Waals surface area contributed by atoms with Gasteiger partial charge in [0.2, 0.25) is 5.95 Å². The van der Waals surface area contributed by atoms with Gasteiger partial charge in [-0.1, -0.05) is 24.3 Å². The van der Waals surface area contributed by atoms with Gasteiger partial charge in [0.15, 0.2) is 0 Å². The fourth-order valence-corrected chi connectivity index (χ4v) is 4.00. The summed E-state index contributed by atoms with van der Waals surface area (Å²) in [5.41, 5.74) is 3.57. The van der Waals surface area contributed by atoms with Crippen LogP contribution in [0.2, 0.25) is 0 Å². The molecule has 0 spiro atoms. The van der Waals surface area contributed by atoms with Crippen molar-refractivity contribution in [3.63, 3.8) is 0 Å². The molecule has 0 saturated carbocycles. The van der Waals surface area contributed by atoms with E-state index >= 15 is 0 Å². The van der Waals surface area contributed by atoms with Crippen LogP contribution >= 0.6 is 11.8 Å². The molecular formula is C24H26N4OS. The number of amides is 1. The number of carbonyl (C=O) groups is 1. The summed E-state index contributed by atoms with van der Waals surface area (Å²) in [5, 5.41) is 3.00. The Kier molecular flexibility index (Phi) is 6.64. The number of nitrogens with one attached hydrogen (secondary N) is 1. The molecule has 0 unspecified atom stereocenters. The number of hydrogen-bond donors (Lipinski definition) is 1. The van der Waals surface area contributed by atoms with Gasteiger partial charge in [0.1, 0.15) is 0 Å². The Morgan fingerprint density at radius 1 is 1.00 bits per heavy atom. The lowest BCUT2D eigenvalue weighted by molar-refractivity contribution is 0.0951. The summed E-state index contributed by atoms with van der Waals surface area (Å²) in [6.07, 6.45) is 9.43. The van der Waals surface area contributed by atoms with Crippen LogP contribution in [-0.2, 0) is 6.54 Å². The molecule has 1 aliphatic rings. The maximum Gasteiger partial charge on any atom is 0.251 e. The standard InChI is InChI=1S/C24H26N4OS/c1-30-22-10-8-18(9-11-22)15-25-23(29)20-7-5-6-19(14-20)21-16-26-24(27-17-21)28-12-3-2-4-13-28/h5-11,14,16-17H,2-4,12-13,15H2,1H3,(H,25,29). The van der Waals surface area contributed by atoms with E-state index in [0.29, 0.717) is 12.1 Å². The fraction of sp³-hybridized carbons (Fsp3) is 0.292. The van der Waals surface area contributed by atoms with Crippen molar-refractivity contribution in [1.29, 1.82) is 0 Å². The zero-order valence-electron chi connectivity index (χ0n) is 17.2. The van der Waals surface area contributed by atoms with Crippen LogP contribution in [0.5, 0.6) is 0 Å². The zero-order valence-corrected chi connectivity index (χ0v) is 18.0. The van der Waals surface area contributed by atoms with E-state index in [1.54, 1.807) is 11.8 Å². The first-order valence-corrected chi connectivity index (χ1v) is 11.5. The third kappa shape index (κ3) is 5.00. The summed E-state index contributed by atoms with van der Waals surface area (Å²) in [4.78, 5) is 25.2. The molecule has 30 heavy (non-hydrogen) atoms. The van der Waals surface area contributed by atoms with Crippen molar-refractivity contribution in [3.05, 3.63) is 72.1 Å². The van der Waals surface area contributed by atoms with E-state index in [0.717, 1.165) is 35.7 Å². The third-order valence-electron chi connectivity index (χ3n) is 5.35. The Balaban J connectivity index is 1.41. The number of rotatable bonds is 6. The van der Waals surface area contributed by atoms with Gasteiger partial charge in [-0.15, -0.1) is 11.8 Å². The van der Waals surface area contributed by atoms with E-state index in [1.165, 1.54) is 24.2 Å². The average Bonchev–Trinajstić information content (AvgIpc) is 2.83. The van der Waals surface area contributed by atoms with Crippen molar-refractivity contribution in [2.24, 2.45) is 0 Å². The number of hydrogen-bond acceptors (Lipinski definition) is 5. The quantitative estimate of drug-likeness (QED) is 0.584. The highest BCUT2D eigenvalue weighted by Gasteiger charge is 2.14. The lowest BCUT2D eigenvalue weighted by atomic mass is 10.1. The summed E-state index contributed by atoms with van der Waals surface area (Å²) in [6, 6.07) is 15.8. The molecular weight excluding hydrogens is 392 g/mol. The maximum atomic E-state index is 12.6. The van der Waals surface area contributed by atoms with Gasteiger partial charge in [-0.05, 0) is 60.9 Å². The van der Waals surface area contributed by atoms with Crippen LogP contribution in [0.15, 0.2) is 65.8 Å². The average molecular weight is 419 g/mol. The van der Waals surface area contributed by atoms with Crippen LogP contribution in [0.25, 0.3) is 11.1 Å². The first-order valence-electron chi connectivity index (χ1n) is 10.3. The number of thioether (sulfide) groups is 1. The Bertz CT molecular complexity index is 983. The first kappa shape index (κ1) is 20.4. The molecule has 1 aromatic heterocycles. The highest BCUT2D eigenvalue weighted by atomic mass is 32.2. The molecule has 0 radical (unpaired) electrons. The van der Waals surface area contributed by atoms with Gasteiger partial charge < -0.3 is 10.2 Å². The van der Waals surface area contributed by atoms with Gasteiger partial charge in [0, 0.05) is 48.1 Å². The lowest BCUT2D eigenvalue weighted by Crippen LogP contribution is -2.30. The molecule has 154 valence electrons. The minimum Gasteiger partial charge on any atom is -0.348 e. The highest BCUT2D eigenvalue weighted by molar-refractivity contribution is 7.98. The first-order chi connectivity index (χ1) is 14.7. The number of anilines is 1. The molecule has 1 amide bonds. The molecule has 3 aromatic rings. The zero-order chi connectivity index (χ0) is 20.8. The van der Waals surface area contributed by atoms with Crippen molar-refractivity contribution < 1.29 is 4.79 Å². The summed E-state index contributed by atoms with van der Waals surface area (Å²) in [7, 11) is 0. The number of nitrogens with zero attached hydrogens (tertiary/aromatic N) is 3. The van der Waals surface area contributed by atoms with E-state index in [2.05, 4.69) is 38.6 Å². The smallest absolute Gasteiger partial charge is 0.251 e. The molecule has 0 aliphatic carbocycles. The second-order valence-corrected chi connectivity index (χ2v) is 8.31. The molecule has 4 rings (SSSR count). The molecule has 6 heteroatoms. The Morgan fingerprint density at radius 3 is 2.43 bits per heavy atom. The van der Waals surface area contributed by atoms with Gasteiger partial charge in [-0.3, -0.25) is 4.79 Å². The third-order valence-corrected chi connectivity index (χ3v) is 6.09. The molecule has 1 N–H and O–H groups in total. The van der Waals surface area contributed by atoms with Crippen LogP contribution in [0.3, 0.4) is 0 Å². The maximum absolute atomic E-state index is 12.6. The Hall–Kier alpha value is -2.86. The molecule has 0 atom stereocenters. The molecule has 1 aliphatic heterocycles. The van der Waals surface area contributed by atoms with Crippen LogP contribution in [0.1, 0.15) is 35.2 Å².